The van der Waals surface area contributed by atoms with Gasteiger partial charge in [0.1, 0.15) is 11.4 Å². The van der Waals surface area contributed by atoms with Crippen LogP contribution in [0.5, 0.6) is 0 Å². The van der Waals surface area contributed by atoms with Gasteiger partial charge in [-0.2, -0.15) is 22.6 Å². The molecule has 0 spiro atoms. The Morgan fingerprint density at radius 3 is 2.76 bits per heavy atom. The van der Waals surface area contributed by atoms with Crippen LogP contribution in [0.4, 0.5) is 13.2 Å². The van der Waals surface area contributed by atoms with Crippen molar-refractivity contribution < 1.29 is 30.7 Å². The van der Waals surface area contributed by atoms with E-state index in [1.54, 1.807) is 0 Å². The maximum atomic E-state index is 12.6. The van der Waals surface area contributed by atoms with E-state index in [0.29, 0.717) is 6.61 Å². The van der Waals surface area contributed by atoms with Crippen LogP contribution in [0.15, 0.2) is 27.7 Å². The van der Waals surface area contributed by atoms with Crippen LogP contribution in [0.1, 0.15) is 18.5 Å². The molecule has 2 aromatic rings. The van der Waals surface area contributed by atoms with Gasteiger partial charge in [0.25, 0.3) is 10.0 Å². The van der Waals surface area contributed by atoms with Crippen LogP contribution < -0.4 is 0 Å². The van der Waals surface area contributed by atoms with E-state index in [0.717, 1.165) is 23.2 Å². The molecular weight excluding hydrogens is 363 g/mol. The summed E-state index contributed by atoms with van der Waals surface area (Å²) >= 11 is 0. The molecule has 1 saturated heterocycles. The van der Waals surface area contributed by atoms with E-state index in [1.807, 2.05) is 5.10 Å². The Morgan fingerprint density at radius 1 is 1.40 bits per heavy atom. The highest BCUT2D eigenvalue weighted by molar-refractivity contribution is 7.89. The minimum Gasteiger partial charge on any atom is -0.442 e. The zero-order valence-corrected chi connectivity index (χ0v) is 14.0. The van der Waals surface area contributed by atoms with Gasteiger partial charge in [-0.3, -0.25) is 5.10 Å². The van der Waals surface area contributed by atoms with Gasteiger partial charge in [-0.1, -0.05) is 0 Å². The molecule has 1 atom stereocenters. The van der Waals surface area contributed by atoms with Crippen LogP contribution >= 0.6 is 0 Å². The second-order valence-corrected chi connectivity index (χ2v) is 7.68. The van der Waals surface area contributed by atoms with Gasteiger partial charge < -0.3 is 9.15 Å². The quantitative estimate of drug-likeness (QED) is 0.862. The standard InChI is InChI=1S/C14H16F3N3O4S/c1-20(8-9-3-2-6-23-9)25(21,22)13-5-4-11(24-13)10-7-12(19-18-10)14(15,16)17/h4-5,7,9H,2-3,6,8H2,1H3,(H,18,19). The topological polar surface area (TPSA) is 88.4 Å². The van der Waals surface area contributed by atoms with Crippen LogP contribution in [-0.4, -0.2) is 49.2 Å². The summed E-state index contributed by atoms with van der Waals surface area (Å²) in [5.41, 5.74) is -1.17. The lowest BCUT2D eigenvalue weighted by Crippen LogP contribution is -2.33. The number of hydrogen-bond donors (Lipinski definition) is 1. The van der Waals surface area contributed by atoms with Gasteiger partial charge in [-0.15, -0.1) is 0 Å². The summed E-state index contributed by atoms with van der Waals surface area (Å²) in [4.78, 5) is 0. The van der Waals surface area contributed by atoms with Crippen molar-refractivity contribution >= 4 is 10.0 Å². The fraction of sp³-hybridized carbons (Fsp3) is 0.500. The molecule has 0 radical (unpaired) electrons. The molecule has 11 heteroatoms. The van der Waals surface area contributed by atoms with Gasteiger partial charge in [-0.25, -0.2) is 8.42 Å². The maximum absolute atomic E-state index is 12.6. The van der Waals surface area contributed by atoms with Crippen molar-refractivity contribution in [3.8, 4) is 11.5 Å². The van der Waals surface area contributed by atoms with Gasteiger partial charge in [0, 0.05) is 20.2 Å². The van der Waals surface area contributed by atoms with E-state index in [2.05, 4.69) is 5.10 Å². The Hall–Kier alpha value is -1.85. The lowest BCUT2D eigenvalue weighted by atomic mass is 10.2. The van der Waals surface area contributed by atoms with Crippen LogP contribution in [0.3, 0.4) is 0 Å². The van der Waals surface area contributed by atoms with Gasteiger partial charge >= 0.3 is 6.18 Å². The number of aromatic amines is 1. The summed E-state index contributed by atoms with van der Waals surface area (Å²) in [5, 5.41) is 5.00. The summed E-state index contributed by atoms with van der Waals surface area (Å²) < 4.78 is 74.5. The molecule has 1 N–H and O–H groups in total. The average Bonchev–Trinajstić information content (AvgIpc) is 3.26. The maximum Gasteiger partial charge on any atom is 0.432 e. The van der Waals surface area contributed by atoms with Gasteiger partial charge in [-0.05, 0) is 31.0 Å². The lowest BCUT2D eigenvalue weighted by Gasteiger charge is -2.19. The third-order valence-corrected chi connectivity index (χ3v) is 5.56. The molecule has 0 aliphatic carbocycles. The Labute approximate surface area is 141 Å². The van der Waals surface area contributed by atoms with Crippen molar-refractivity contribution in [3.63, 3.8) is 0 Å². The van der Waals surface area contributed by atoms with Crippen LogP contribution in [0.2, 0.25) is 0 Å². The third-order valence-electron chi connectivity index (χ3n) is 3.87. The first kappa shape index (κ1) is 18.0. The smallest absolute Gasteiger partial charge is 0.432 e. The molecule has 1 aliphatic heterocycles. The third kappa shape index (κ3) is 3.72. The van der Waals surface area contributed by atoms with E-state index in [-0.39, 0.29) is 29.2 Å². The molecule has 7 nitrogen and oxygen atoms in total. The number of nitrogens with one attached hydrogen (secondary N) is 1. The first-order valence-corrected chi connectivity index (χ1v) is 8.92. The highest BCUT2D eigenvalue weighted by atomic mass is 32.2. The number of sulfonamides is 1. The molecule has 3 heterocycles. The molecule has 3 rings (SSSR count). The Kier molecular flexibility index (Phi) is 4.64. The van der Waals surface area contributed by atoms with Crippen LogP contribution in [0, 0.1) is 0 Å². The minimum atomic E-state index is -4.58. The number of alkyl halides is 3. The van der Waals surface area contributed by atoms with Crippen molar-refractivity contribution in [3.05, 3.63) is 23.9 Å². The van der Waals surface area contributed by atoms with Gasteiger partial charge in [0.05, 0.1) is 6.10 Å². The Bertz CT molecular complexity index is 838. The monoisotopic (exact) mass is 379 g/mol. The van der Waals surface area contributed by atoms with E-state index >= 15 is 0 Å². The van der Waals surface area contributed by atoms with E-state index in [1.165, 1.54) is 19.2 Å². The highest BCUT2D eigenvalue weighted by Crippen LogP contribution is 2.31. The number of aromatic nitrogens is 2. The van der Waals surface area contributed by atoms with Gasteiger partial charge in [0.2, 0.25) is 5.09 Å². The summed E-state index contributed by atoms with van der Waals surface area (Å²) in [5.74, 6) is -0.0733. The molecule has 0 amide bonds. The largest absolute Gasteiger partial charge is 0.442 e. The van der Waals surface area contributed by atoms with Crippen molar-refractivity contribution in [1.29, 1.82) is 0 Å². The number of ether oxygens (including phenoxy) is 1. The average molecular weight is 379 g/mol. The Balaban J connectivity index is 1.78. The molecule has 1 aliphatic rings. The number of halogens is 3. The van der Waals surface area contributed by atoms with Crippen molar-refractivity contribution in [1.82, 2.24) is 14.5 Å². The lowest BCUT2D eigenvalue weighted by molar-refractivity contribution is -0.141. The number of H-pyrrole nitrogens is 1. The van der Waals surface area contributed by atoms with Crippen molar-refractivity contribution in [2.45, 2.75) is 30.2 Å². The first-order valence-electron chi connectivity index (χ1n) is 7.48. The van der Waals surface area contributed by atoms with Gasteiger partial charge in [0.15, 0.2) is 5.76 Å². The summed E-state index contributed by atoms with van der Waals surface area (Å²) in [6, 6.07) is 3.22. The summed E-state index contributed by atoms with van der Waals surface area (Å²) in [6.45, 7) is 0.781. The number of hydrogen-bond acceptors (Lipinski definition) is 5. The Morgan fingerprint density at radius 2 is 2.16 bits per heavy atom. The zero-order chi connectivity index (χ0) is 18.2. The van der Waals surface area contributed by atoms with E-state index in [9.17, 15) is 21.6 Å². The molecule has 25 heavy (non-hydrogen) atoms. The second kappa shape index (κ2) is 6.46. The number of likely N-dealkylation sites (N-methyl/N-ethyl adjacent to an activating group) is 1. The highest BCUT2D eigenvalue weighted by Gasteiger charge is 2.34. The minimum absolute atomic E-state index is 0.0733. The normalized spacial score (nSPS) is 19.0. The molecule has 138 valence electrons. The molecule has 0 bridgehead atoms. The predicted octanol–water partition coefficient (Wildman–Crippen LogP) is 2.49. The molecule has 2 aromatic heterocycles. The summed E-state index contributed by atoms with van der Waals surface area (Å²) in [6.07, 6.45) is -3.09. The molecule has 1 fully saturated rings. The number of rotatable bonds is 5. The van der Waals surface area contributed by atoms with Crippen molar-refractivity contribution in [2.24, 2.45) is 0 Å². The van der Waals surface area contributed by atoms with Crippen LogP contribution in [0.25, 0.3) is 11.5 Å². The molecular formula is C14H16F3N3O4S. The van der Waals surface area contributed by atoms with E-state index < -0.39 is 21.9 Å². The zero-order valence-electron chi connectivity index (χ0n) is 13.2. The van der Waals surface area contributed by atoms with E-state index in [4.69, 9.17) is 9.15 Å². The molecule has 0 saturated carbocycles. The SMILES string of the molecule is CN(CC1CCCO1)S(=O)(=O)c1ccc(-c2cc(C(F)(F)F)[nH]n2)o1. The number of furan rings is 1. The summed E-state index contributed by atoms with van der Waals surface area (Å²) in [7, 11) is -2.51. The van der Waals surface area contributed by atoms with Crippen LogP contribution in [-0.2, 0) is 20.9 Å². The second-order valence-electron chi connectivity index (χ2n) is 5.70. The fourth-order valence-corrected chi connectivity index (χ4v) is 3.62. The number of nitrogens with zero attached hydrogens (tertiary/aromatic N) is 2. The van der Waals surface area contributed by atoms with Crippen molar-refractivity contribution in [2.75, 3.05) is 20.2 Å². The molecule has 0 aromatic carbocycles. The molecule has 1 unspecified atom stereocenters. The first-order chi connectivity index (χ1) is 11.7. The predicted molar refractivity (Wildman–Crippen MR) is 80.1 cm³/mol. The fourth-order valence-electron chi connectivity index (χ4n) is 2.52.